The molecule has 1 heterocycles. The third-order valence-corrected chi connectivity index (χ3v) is 9.03. The Kier molecular flexibility index (Phi) is 6.61. The third kappa shape index (κ3) is 4.01. The van der Waals surface area contributed by atoms with Gasteiger partial charge >= 0.3 is 5.97 Å². The first-order chi connectivity index (χ1) is 13.3. The molecule has 0 N–H and O–H groups in total. The highest BCUT2D eigenvalue weighted by Gasteiger charge is 2.44. The van der Waals surface area contributed by atoms with Crippen LogP contribution >= 0.6 is 7.26 Å². The van der Waals surface area contributed by atoms with Gasteiger partial charge < -0.3 is 21.7 Å². The lowest BCUT2D eigenvalue weighted by atomic mass is 10.4. The number of hydrogen-bond acceptors (Lipinski definition) is 2. The average Bonchev–Trinajstić information content (AvgIpc) is 3.16. The maximum Gasteiger partial charge on any atom is 0.336 e. The van der Waals surface area contributed by atoms with Crippen LogP contribution < -0.4 is 32.9 Å². The number of cyclic esters (lactones) is 1. The van der Waals surface area contributed by atoms with Gasteiger partial charge in [-0.25, -0.2) is 4.79 Å². The maximum absolute atomic E-state index is 11.4. The molecule has 3 aromatic carbocycles. The van der Waals surface area contributed by atoms with Crippen molar-refractivity contribution in [1.29, 1.82) is 0 Å². The Morgan fingerprint density at radius 2 is 1.11 bits per heavy atom. The van der Waals surface area contributed by atoms with Crippen LogP contribution in [0.2, 0.25) is 0 Å². The second-order valence-electron chi connectivity index (χ2n) is 6.36. The second-order valence-corrected chi connectivity index (χ2v) is 9.89. The van der Waals surface area contributed by atoms with E-state index in [1.165, 1.54) is 22.0 Å². The summed E-state index contributed by atoms with van der Waals surface area (Å²) in [5.74, 6) is 0.330. The van der Waals surface area contributed by atoms with Gasteiger partial charge in [-0.2, -0.15) is 0 Å². The number of rotatable bonds is 5. The molecule has 4 rings (SSSR count). The van der Waals surface area contributed by atoms with Crippen LogP contribution in [-0.2, 0) is 9.53 Å². The fraction of sp³-hybridized carbons (Fsp3) is 0.0417. The van der Waals surface area contributed by atoms with Crippen LogP contribution in [0.15, 0.2) is 115 Å². The third-order valence-electron chi connectivity index (χ3n) is 4.76. The summed E-state index contributed by atoms with van der Waals surface area (Å²) in [6.07, 6.45) is 6.07. The standard InChI is InChI=1S/C24H20O2P.BrH/c25-24-17-16-20(26-24)18-19-27(21-10-4-1-5-11-21,22-12-6-2-7-13-22)23-14-8-3-9-15-23;/h1-18H,19H2;1H/q+1;/p-1/b20-18-;. The Labute approximate surface area is 176 Å². The van der Waals surface area contributed by atoms with Gasteiger partial charge in [0.15, 0.2) is 0 Å². The normalized spacial score (nSPS) is 14.6. The van der Waals surface area contributed by atoms with Crippen LogP contribution in [0.3, 0.4) is 0 Å². The van der Waals surface area contributed by atoms with Crippen molar-refractivity contribution in [2.75, 3.05) is 6.16 Å². The molecule has 0 aliphatic carbocycles. The molecule has 28 heavy (non-hydrogen) atoms. The molecule has 0 atom stereocenters. The molecule has 0 unspecified atom stereocenters. The van der Waals surface area contributed by atoms with E-state index in [1.54, 1.807) is 6.08 Å². The van der Waals surface area contributed by atoms with E-state index in [9.17, 15) is 4.79 Å². The highest BCUT2D eigenvalue weighted by Crippen LogP contribution is 2.55. The molecule has 1 aliphatic heterocycles. The molecular formula is C24H20BrO2P. The molecule has 3 aromatic rings. The van der Waals surface area contributed by atoms with E-state index in [0.717, 1.165) is 6.16 Å². The maximum atomic E-state index is 11.4. The Morgan fingerprint density at radius 1 is 0.679 bits per heavy atom. The summed E-state index contributed by atoms with van der Waals surface area (Å²) in [6, 6.07) is 32.0. The first-order valence-corrected chi connectivity index (χ1v) is 10.9. The van der Waals surface area contributed by atoms with Gasteiger partial charge in [-0.3, -0.25) is 0 Å². The van der Waals surface area contributed by atoms with E-state index in [1.807, 2.05) is 18.2 Å². The van der Waals surface area contributed by atoms with E-state index in [-0.39, 0.29) is 23.0 Å². The van der Waals surface area contributed by atoms with Crippen molar-refractivity contribution >= 4 is 29.1 Å². The Balaban J connectivity index is 0.00000225. The van der Waals surface area contributed by atoms with Crippen molar-refractivity contribution in [2.45, 2.75) is 0 Å². The van der Waals surface area contributed by atoms with Crippen LogP contribution in [0.5, 0.6) is 0 Å². The van der Waals surface area contributed by atoms with Gasteiger partial charge in [0, 0.05) is 6.08 Å². The number of allylic oxidation sites excluding steroid dienone is 2. The summed E-state index contributed by atoms with van der Waals surface area (Å²) in [7, 11) is -1.93. The number of hydrogen-bond donors (Lipinski definition) is 0. The molecule has 0 amide bonds. The summed E-state index contributed by atoms with van der Waals surface area (Å²) in [4.78, 5) is 11.4. The summed E-state index contributed by atoms with van der Waals surface area (Å²) in [6.45, 7) is 0. The van der Waals surface area contributed by atoms with Crippen molar-refractivity contribution in [3.8, 4) is 0 Å². The van der Waals surface area contributed by atoms with Gasteiger partial charge in [0.1, 0.15) is 28.9 Å². The summed E-state index contributed by atoms with van der Waals surface area (Å²) >= 11 is 0. The molecule has 2 nitrogen and oxygen atoms in total. The van der Waals surface area contributed by atoms with Gasteiger partial charge in [-0.05, 0) is 48.6 Å². The quantitative estimate of drug-likeness (QED) is 0.427. The lowest BCUT2D eigenvalue weighted by molar-refractivity contribution is -0.132. The first kappa shape index (κ1) is 20.3. The zero-order valence-corrected chi connectivity index (χ0v) is 17.7. The number of esters is 1. The molecular weight excluding hydrogens is 431 g/mol. The lowest BCUT2D eigenvalue weighted by Crippen LogP contribution is -3.00. The van der Waals surface area contributed by atoms with E-state index in [4.69, 9.17) is 4.74 Å². The molecule has 0 fully saturated rings. The zero-order chi connectivity index (χ0) is 18.5. The zero-order valence-electron chi connectivity index (χ0n) is 15.2. The Bertz CT molecular complexity index is 886. The van der Waals surface area contributed by atoms with Crippen LogP contribution in [0.4, 0.5) is 0 Å². The Hall–Kier alpha value is -2.48. The number of carbonyl (C=O) groups excluding carboxylic acids is 1. The molecule has 0 aromatic heterocycles. The van der Waals surface area contributed by atoms with Crippen molar-refractivity contribution in [3.05, 3.63) is 115 Å². The van der Waals surface area contributed by atoms with Gasteiger partial charge in [0.2, 0.25) is 0 Å². The lowest BCUT2D eigenvalue weighted by Gasteiger charge is -2.26. The summed E-state index contributed by atoms with van der Waals surface area (Å²) < 4.78 is 5.29. The predicted molar refractivity (Wildman–Crippen MR) is 113 cm³/mol. The Morgan fingerprint density at radius 3 is 1.46 bits per heavy atom. The SMILES string of the molecule is O=C1C=C/C(=C/C[P+](c2ccccc2)(c2ccccc2)c2ccccc2)O1.[Br-]. The van der Waals surface area contributed by atoms with Crippen molar-refractivity contribution < 1.29 is 26.5 Å². The highest BCUT2D eigenvalue weighted by atomic mass is 79.9. The van der Waals surface area contributed by atoms with E-state index < -0.39 is 7.26 Å². The number of carbonyl (C=O) groups is 1. The van der Waals surface area contributed by atoms with Crippen molar-refractivity contribution in [2.24, 2.45) is 0 Å². The smallest absolute Gasteiger partial charge is 0.336 e. The highest BCUT2D eigenvalue weighted by molar-refractivity contribution is 7.95. The second kappa shape index (κ2) is 9.14. The molecule has 0 spiro atoms. The minimum absolute atomic E-state index is 0. The molecule has 4 heteroatoms. The van der Waals surface area contributed by atoms with E-state index >= 15 is 0 Å². The van der Waals surface area contributed by atoms with Crippen molar-refractivity contribution in [3.63, 3.8) is 0 Å². The van der Waals surface area contributed by atoms with E-state index in [2.05, 4.69) is 78.9 Å². The minimum atomic E-state index is -1.93. The van der Waals surface area contributed by atoms with Crippen molar-refractivity contribution in [1.82, 2.24) is 0 Å². The molecule has 0 bridgehead atoms. The van der Waals surface area contributed by atoms with Gasteiger partial charge in [-0.15, -0.1) is 0 Å². The van der Waals surface area contributed by atoms with E-state index in [0.29, 0.717) is 5.76 Å². The first-order valence-electron chi connectivity index (χ1n) is 8.94. The minimum Gasteiger partial charge on any atom is -1.00 e. The average molecular weight is 451 g/mol. The van der Waals surface area contributed by atoms with Crippen LogP contribution in [0.1, 0.15) is 0 Å². The fourth-order valence-corrected chi connectivity index (χ4v) is 7.51. The molecule has 1 aliphatic rings. The van der Waals surface area contributed by atoms with Gasteiger partial charge in [-0.1, -0.05) is 54.6 Å². The number of halogens is 1. The van der Waals surface area contributed by atoms with Crippen LogP contribution in [-0.4, -0.2) is 12.1 Å². The molecule has 0 saturated carbocycles. The summed E-state index contributed by atoms with van der Waals surface area (Å²) in [5, 5.41) is 3.94. The number of benzene rings is 3. The van der Waals surface area contributed by atoms with Crippen LogP contribution in [0, 0.1) is 0 Å². The van der Waals surface area contributed by atoms with Gasteiger partial charge in [0.05, 0.1) is 6.16 Å². The molecule has 140 valence electrons. The predicted octanol–water partition coefficient (Wildman–Crippen LogP) is 0.981. The summed E-state index contributed by atoms with van der Waals surface area (Å²) in [5.41, 5.74) is 0. The topological polar surface area (TPSA) is 26.3 Å². The molecule has 0 saturated heterocycles. The largest absolute Gasteiger partial charge is 1.00 e. The van der Waals surface area contributed by atoms with Gasteiger partial charge in [0.25, 0.3) is 0 Å². The monoisotopic (exact) mass is 450 g/mol. The number of ether oxygens (including phenoxy) is 1. The molecule has 0 radical (unpaired) electrons. The van der Waals surface area contributed by atoms with Crippen LogP contribution in [0.25, 0.3) is 0 Å². The fourth-order valence-electron chi connectivity index (χ4n) is 3.48.